The lowest BCUT2D eigenvalue weighted by Gasteiger charge is -2.36. The molecule has 0 atom stereocenters. The Kier molecular flexibility index (Phi) is 8.84. The number of hydrogen-bond acceptors (Lipinski definition) is 7. The molecule has 5 rings (SSSR count). The summed E-state index contributed by atoms with van der Waals surface area (Å²) in [5, 5.41) is 14.1. The molecule has 12 heteroatoms. The Hall–Kier alpha value is -3.57. The van der Waals surface area contributed by atoms with Gasteiger partial charge in [0.2, 0.25) is 5.91 Å². The molecule has 41 heavy (non-hydrogen) atoms. The Balaban J connectivity index is 1.09. The smallest absolute Gasteiger partial charge is 0.423 e. The van der Waals surface area contributed by atoms with Gasteiger partial charge in [-0.25, -0.2) is 0 Å². The van der Waals surface area contributed by atoms with Crippen molar-refractivity contribution in [1.29, 1.82) is 0 Å². The number of amides is 1. The van der Waals surface area contributed by atoms with Crippen LogP contribution in [-0.4, -0.2) is 59.0 Å². The summed E-state index contributed by atoms with van der Waals surface area (Å²) in [5.41, 5.74) is -1.04. The number of nitrogens with zero attached hydrogens (tertiary/aromatic N) is 4. The Morgan fingerprint density at radius 3 is 2.39 bits per heavy atom. The molecule has 222 valence electrons. The van der Waals surface area contributed by atoms with Crippen LogP contribution in [0.4, 0.5) is 30.2 Å². The Morgan fingerprint density at radius 1 is 1.02 bits per heavy atom. The predicted octanol–water partition coefficient (Wildman–Crippen LogP) is 6.04. The van der Waals surface area contributed by atoms with E-state index in [1.54, 1.807) is 6.20 Å². The summed E-state index contributed by atoms with van der Waals surface area (Å²) in [5.74, 6) is 1.49. The molecule has 1 aromatic carbocycles. The van der Waals surface area contributed by atoms with Crippen molar-refractivity contribution in [1.82, 2.24) is 9.88 Å². The molecule has 1 N–H and O–H groups in total. The van der Waals surface area contributed by atoms with Crippen LogP contribution >= 0.6 is 0 Å². The molecule has 3 fully saturated rings. The molecule has 9 nitrogen and oxygen atoms in total. The molecule has 0 bridgehead atoms. The lowest BCUT2D eigenvalue weighted by molar-refractivity contribution is -0.388. The summed E-state index contributed by atoms with van der Waals surface area (Å²) in [6.07, 6.45) is 6.93. The summed E-state index contributed by atoms with van der Waals surface area (Å²) in [6.45, 7) is 2.90. The maximum atomic E-state index is 13.3. The normalized spacial score (nSPS) is 22.0. The van der Waals surface area contributed by atoms with Gasteiger partial charge in [0.05, 0.1) is 29.1 Å². The first kappa shape index (κ1) is 28.9. The molecule has 2 aromatic rings. The topological polar surface area (TPSA) is 101 Å². The maximum Gasteiger partial charge on any atom is 0.423 e. The van der Waals surface area contributed by atoms with E-state index >= 15 is 0 Å². The number of carbonyl (C=O) groups is 1. The van der Waals surface area contributed by atoms with Gasteiger partial charge in [-0.15, -0.1) is 0 Å². The largest absolute Gasteiger partial charge is 0.489 e. The number of nitrogens with one attached hydrogen (secondary N) is 1. The van der Waals surface area contributed by atoms with E-state index in [0.717, 1.165) is 30.9 Å². The Labute approximate surface area is 237 Å². The highest BCUT2D eigenvalue weighted by Gasteiger charge is 2.38. The fraction of sp³-hybridized carbons (Fsp3) is 0.586. The van der Waals surface area contributed by atoms with Crippen LogP contribution in [0, 0.1) is 16.0 Å². The number of nitro benzene ring substituents is 1. The Morgan fingerprint density at radius 2 is 1.73 bits per heavy atom. The second-order valence-corrected chi connectivity index (χ2v) is 11.3. The molecule has 1 saturated heterocycles. The fourth-order valence-electron chi connectivity index (χ4n) is 6.21. The van der Waals surface area contributed by atoms with Gasteiger partial charge in [0.1, 0.15) is 11.3 Å². The van der Waals surface area contributed by atoms with E-state index in [4.69, 9.17) is 4.74 Å². The Bertz CT molecular complexity index is 1220. The van der Waals surface area contributed by atoms with Gasteiger partial charge >= 0.3 is 6.18 Å². The highest BCUT2D eigenvalue weighted by molar-refractivity contribution is 5.76. The van der Waals surface area contributed by atoms with Gasteiger partial charge in [0, 0.05) is 56.5 Å². The minimum atomic E-state index is -4.81. The third-order valence-corrected chi connectivity index (χ3v) is 8.48. The van der Waals surface area contributed by atoms with Crippen molar-refractivity contribution in [3.63, 3.8) is 0 Å². The molecule has 2 saturated carbocycles. The predicted molar refractivity (Wildman–Crippen MR) is 148 cm³/mol. The molecule has 0 unspecified atom stereocenters. The standard InChI is InChI=1S/C29H36F3N5O4/c30-29(31,32)26-16-22(7-10-27(26)37(39)40)34-21-5-8-24(9-6-21)41-25-17-23(18-33-19-25)35-11-13-36(14-12-35)28(38)15-20-3-1-2-4-20/h7,10,16-21,24,34H,1-6,8-9,11-15H2/t21-,24-. The number of piperazine rings is 1. The summed E-state index contributed by atoms with van der Waals surface area (Å²) < 4.78 is 46.2. The van der Waals surface area contributed by atoms with Crippen LogP contribution in [0.5, 0.6) is 5.75 Å². The van der Waals surface area contributed by atoms with Crippen LogP contribution in [-0.2, 0) is 11.0 Å². The quantitative estimate of drug-likeness (QED) is 0.303. The van der Waals surface area contributed by atoms with E-state index in [0.29, 0.717) is 56.9 Å². The van der Waals surface area contributed by atoms with Gasteiger partial charge in [-0.1, -0.05) is 12.8 Å². The van der Waals surface area contributed by atoms with Crippen molar-refractivity contribution in [2.45, 2.75) is 76.1 Å². The third-order valence-electron chi connectivity index (χ3n) is 8.48. The maximum absolute atomic E-state index is 13.3. The van der Waals surface area contributed by atoms with Crippen molar-refractivity contribution >= 4 is 23.0 Å². The molecular weight excluding hydrogens is 539 g/mol. The molecule has 1 aliphatic heterocycles. The van der Waals surface area contributed by atoms with Gasteiger partial charge in [0.25, 0.3) is 5.69 Å². The zero-order valence-electron chi connectivity index (χ0n) is 22.9. The van der Waals surface area contributed by atoms with Crippen molar-refractivity contribution < 1.29 is 27.6 Å². The van der Waals surface area contributed by atoms with Crippen LogP contribution < -0.4 is 15.0 Å². The second-order valence-electron chi connectivity index (χ2n) is 11.3. The SMILES string of the molecule is O=C(CC1CCCC1)N1CCN(c2cncc(O[C@H]3CC[C@H](Nc4ccc([N+](=O)[O-])c(C(F)(F)F)c4)CC3)c2)CC1. The number of hydrogen-bond donors (Lipinski definition) is 1. The van der Waals surface area contributed by atoms with Crippen molar-refractivity contribution in [3.05, 3.63) is 52.3 Å². The molecule has 3 aliphatic rings. The van der Waals surface area contributed by atoms with Gasteiger partial charge in [0.15, 0.2) is 0 Å². The zero-order valence-corrected chi connectivity index (χ0v) is 22.9. The molecule has 2 aliphatic carbocycles. The number of halogens is 3. The number of ether oxygens (including phenoxy) is 1. The van der Waals surface area contributed by atoms with Crippen molar-refractivity contribution in [2.75, 3.05) is 36.4 Å². The summed E-state index contributed by atoms with van der Waals surface area (Å²) in [4.78, 5) is 31.3. The van der Waals surface area contributed by atoms with E-state index in [-0.39, 0.29) is 23.7 Å². The summed E-state index contributed by atoms with van der Waals surface area (Å²) in [6, 6.07) is 4.94. The molecule has 1 aromatic heterocycles. The van der Waals surface area contributed by atoms with E-state index in [1.165, 1.54) is 31.7 Å². The number of pyridine rings is 1. The van der Waals surface area contributed by atoms with Gasteiger partial charge in [-0.05, 0) is 56.6 Å². The minimum absolute atomic E-state index is 0.0437. The molecule has 1 amide bonds. The zero-order chi connectivity index (χ0) is 29.0. The minimum Gasteiger partial charge on any atom is -0.489 e. The van der Waals surface area contributed by atoms with Gasteiger partial charge in [-0.2, -0.15) is 13.2 Å². The average Bonchev–Trinajstić information content (AvgIpc) is 3.47. The lowest BCUT2D eigenvalue weighted by atomic mass is 9.92. The third kappa shape index (κ3) is 7.39. The molecule has 2 heterocycles. The van der Waals surface area contributed by atoms with Crippen molar-refractivity contribution in [2.24, 2.45) is 5.92 Å². The lowest BCUT2D eigenvalue weighted by Crippen LogP contribution is -2.49. The molecule has 0 radical (unpaired) electrons. The number of alkyl halides is 3. The van der Waals surface area contributed by atoms with Gasteiger partial charge < -0.3 is 19.9 Å². The fourth-order valence-corrected chi connectivity index (χ4v) is 6.21. The van der Waals surface area contributed by atoms with Crippen LogP contribution in [0.2, 0.25) is 0 Å². The number of nitro groups is 1. The molecular formula is C29H36F3N5O4. The highest BCUT2D eigenvalue weighted by Crippen LogP contribution is 2.38. The summed E-state index contributed by atoms with van der Waals surface area (Å²) in [7, 11) is 0. The van der Waals surface area contributed by atoms with Crippen LogP contribution in [0.1, 0.15) is 63.4 Å². The average molecular weight is 576 g/mol. The number of benzene rings is 1. The second kappa shape index (κ2) is 12.5. The first-order chi connectivity index (χ1) is 19.7. The van der Waals surface area contributed by atoms with Crippen LogP contribution in [0.15, 0.2) is 36.7 Å². The van der Waals surface area contributed by atoms with Gasteiger partial charge in [-0.3, -0.25) is 19.9 Å². The van der Waals surface area contributed by atoms with Crippen LogP contribution in [0.3, 0.4) is 0 Å². The first-order valence-corrected chi connectivity index (χ1v) is 14.4. The van der Waals surface area contributed by atoms with E-state index in [2.05, 4.69) is 15.2 Å². The number of rotatable bonds is 8. The van der Waals surface area contributed by atoms with Crippen molar-refractivity contribution in [3.8, 4) is 5.75 Å². The monoisotopic (exact) mass is 575 g/mol. The number of carbonyl (C=O) groups excluding carboxylic acids is 1. The number of aromatic nitrogens is 1. The van der Waals surface area contributed by atoms with E-state index < -0.39 is 22.4 Å². The highest BCUT2D eigenvalue weighted by atomic mass is 19.4. The van der Waals surface area contributed by atoms with E-state index in [9.17, 15) is 28.1 Å². The first-order valence-electron chi connectivity index (χ1n) is 14.4. The summed E-state index contributed by atoms with van der Waals surface area (Å²) >= 11 is 0. The van der Waals surface area contributed by atoms with Crippen LogP contribution in [0.25, 0.3) is 0 Å². The number of anilines is 2. The molecule has 0 spiro atoms. The van der Waals surface area contributed by atoms with E-state index in [1.807, 2.05) is 17.2 Å².